The van der Waals surface area contributed by atoms with Crippen LogP contribution in [0.15, 0.2) is 22.7 Å². The molecule has 0 radical (unpaired) electrons. The van der Waals surface area contributed by atoms with Crippen LogP contribution < -0.4 is 4.74 Å². The number of hydrogen-bond acceptors (Lipinski definition) is 2. The van der Waals surface area contributed by atoms with Crippen LogP contribution >= 0.6 is 15.9 Å². The van der Waals surface area contributed by atoms with Crippen molar-refractivity contribution in [2.45, 2.75) is 20.0 Å². The van der Waals surface area contributed by atoms with Gasteiger partial charge in [0, 0.05) is 40.7 Å². The average Bonchev–Trinajstić information content (AvgIpc) is 2.64. The number of nitrogens with zero attached hydrogens (tertiary/aromatic N) is 2. The zero-order valence-electron chi connectivity index (χ0n) is 10.7. The van der Waals surface area contributed by atoms with Crippen molar-refractivity contribution in [1.82, 2.24) is 9.47 Å². The first-order valence-electron chi connectivity index (χ1n) is 6.32. The molecule has 3 rings (SSSR count). The summed E-state index contributed by atoms with van der Waals surface area (Å²) in [4.78, 5) is 2.35. The standard InChI is InChI=1S/C14H17BrN2O/c1-3-18-10-4-5-12-11(8-10)14(15)13-9-16(2)6-7-17(12)13/h4-5,8H,3,6-7,9H2,1-2H3. The number of benzene rings is 1. The highest BCUT2D eigenvalue weighted by Gasteiger charge is 2.20. The Kier molecular flexibility index (Phi) is 3.08. The molecule has 2 aromatic rings. The van der Waals surface area contributed by atoms with Gasteiger partial charge in [-0.15, -0.1) is 0 Å². The lowest BCUT2D eigenvalue weighted by molar-refractivity contribution is 0.272. The Balaban J connectivity index is 2.16. The number of fused-ring (bicyclic) bond motifs is 3. The second-order valence-electron chi connectivity index (χ2n) is 4.76. The zero-order chi connectivity index (χ0) is 12.7. The molecule has 1 aromatic carbocycles. The minimum atomic E-state index is 0.708. The summed E-state index contributed by atoms with van der Waals surface area (Å²) in [6.07, 6.45) is 0. The molecule has 0 atom stereocenters. The van der Waals surface area contributed by atoms with Gasteiger partial charge < -0.3 is 9.30 Å². The molecule has 18 heavy (non-hydrogen) atoms. The molecule has 0 N–H and O–H groups in total. The first-order valence-corrected chi connectivity index (χ1v) is 7.12. The summed E-state index contributed by atoms with van der Waals surface area (Å²) in [5.41, 5.74) is 2.67. The molecule has 0 unspecified atom stereocenters. The Hall–Kier alpha value is -1.00. The predicted molar refractivity (Wildman–Crippen MR) is 77.1 cm³/mol. The highest BCUT2D eigenvalue weighted by Crippen LogP contribution is 2.35. The molecule has 0 saturated carbocycles. The van der Waals surface area contributed by atoms with Gasteiger partial charge in [-0.3, -0.25) is 4.90 Å². The molecule has 1 aromatic heterocycles. The first kappa shape index (κ1) is 12.1. The van der Waals surface area contributed by atoms with Gasteiger partial charge in [-0.1, -0.05) is 0 Å². The van der Waals surface area contributed by atoms with Gasteiger partial charge in [0.05, 0.1) is 6.61 Å². The second kappa shape index (κ2) is 4.59. The molecule has 0 saturated heterocycles. The topological polar surface area (TPSA) is 17.4 Å². The van der Waals surface area contributed by atoms with Crippen molar-refractivity contribution in [3.63, 3.8) is 0 Å². The van der Waals surface area contributed by atoms with E-state index >= 15 is 0 Å². The summed E-state index contributed by atoms with van der Waals surface area (Å²) in [6, 6.07) is 6.36. The van der Waals surface area contributed by atoms with Gasteiger partial charge in [0.1, 0.15) is 5.75 Å². The zero-order valence-corrected chi connectivity index (χ0v) is 12.3. The fraction of sp³-hybridized carbons (Fsp3) is 0.429. The Morgan fingerprint density at radius 2 is 2.17 bits per heavy atom. The van der Waals surface area contributed by atoms with E-state index < -0.39 is 0 Å². The van der Waals surface area contributed by atoms with Crippen molar-refractivity contribution in [3.05, 3.63) is 28.4 Å². The number of rotatable bonds is 2. The van der Waals surface area contributed by atoms with Gasteiger partial charge in [-0.2, -0.15) is 0 Å². The predicted octanol–water partition coefficient (Wildman–Crippen LogP) is 3.25. The number of hydrogen-bond donors (Lipinski definition) is 0. The lowest BCUT2D eigenvalue weighted by Crippen LogP contribution is -2.30. The van der Waals surface area contributed by atoms with Crippen LogP contribution in [0.5, 0.6) is 5.75 Å². The monoisotopic (exact) mass is 308 g/mol. The first-order chi connectivity index (χ1) is 8.70. The van der Waals surface area contributed by atoms with Crippen molar-refractivity contribution < 1.29 is 4.74 Å². The van der Waals surface area contributed by atoms with E-state index in [0.717, 1.165) is 25.4 Å². The number of likely N-dealkylation sites (N-methyl/N-ethyl adjacent to an activating group) is 1. The van der Waals surface area contributed by atoms with Gasteiger partial charge in [-0.05, 0) is 48.1 Å². The van der Waals surface area contributed by atoms with E-state index in [1.807, 2.05) is 6.92 Å². The van der Waals surface area contributed by atoms with Crippen LogP contribution in [-0.2, 0) is 13.1 Å². The van der Waals surface area contributed by atoms with Crippen LogP contribution in [0.2, 0.25) is 0 Å². The summed E-state index contributed by atoms with van der Waals surface area (Å²) in [5, 5.41) is 1.26. The van der Waals surface area contributed by atoms with Gasteiger partial charge in [0.2, 0.25) is 0 Å². The Labute approximate surface area is 115 Å². The Morgan fingerprint density at radius 3 is 2.94 bits per heavy atom. The van der Waals surface area contributed by atoms with E-state index in [1.54, 1.807) is 0 Å². The average molecular weight is 309 g/mol. The van der Waals surface area contributed by atoms with Crippen molar-refractivity contribution in [2.24, 2.45) is 0 Å². The largest absolute Gasteiger partial charge is 0.494 e. The molecule has 0 fully saturated rings. The van der Waals surface area contributed by atoms with Crippen molar-refractivity contribution in [2.75, 3.05) is 20.2 Å². The van der Waals surface area contributed by atoms with E-state index in [0.29, 0.717) is 6.61 Å². The van der Waals surface area contributed by atoms with E-state index in [9.17, 15) is 0 Å². The summed E-state index contributed by atoms with van der Waals surface area (Å²) in [5.74, 6) is 0.946. The van der Waals surface area contributed by atoms with Crippen molar-refractivity contribution >= 4 is 26.8 Å². The van der Waals surface area contributed by atoms with Crippen molar-refractivity contribution in [1.29, 1.82) is 0 Å². The van der Waals surface area contributed by atoms with Gasteiger partial charge in [0.25, 0.3) is 0 Å². The van der Waals surface area contributed by atoms with Crippen LogP contribution in [0.3, 0.4) is 0 Å². The second-order valence-corrected chi connectivity index (χ2v) is 5.56. The summed E-state index contributed by atoms with van der Waals surface area (Å²) in [7, 11) is 2.17. The highest BCUT2D eigenvalue weighted by molar-refractivity contribution is 9.10. The molecular formula is C14H17BrN2O. The lowest BCUT2D eigenvalue weighted by Gasteiger charge is -2.25. The third-order valence-electron chi connectivity index (χ3n) is 3.51. The van der Waals surface area contributed by atoms with E-state index in [2.05, 4.69) is 50.6 Å². The maximum Gasteiger partial charge on any atom is 0.120 e. The van der Waals surface area contributed by atoms with Gasteiger partial charge in [0.15, 0.2) is 0 Å². The number of halogens is 1. The number of ether oxygens (including phenoxy) is 1. The molecule has 1 aliphatic rings. The Bertz CT molecular complexity index is 591. The molecule has 96 valence electrons. The van der Waals surface area contributed by atoms with Crippen LogP contribution in [0.25, 0.3) is 10.9 Å². The smallest absolute Gasteiger partial charge is 0.120 e. The van der Waals surface area contributed by atoms with Gasteiger partial charge in [-0.25, -0.2) is 0 Å². The molecule has 4 heteroatoms. The highest BCUT2D eigenvalue weighted by atomic mass is 79.9. The normalized spacial score (nSPS) is 15.9. The SMILES string of the molecule is CCOc1ccc2c(c1)c(Br)c1n2CCN(C)C1. The molecule has 0 spiro atoms. The summed E-state index contributed by atoms with van der Waals surface area (Å²) < 4.78 is 9.21. The molecule has 1 aliphatic heterocycles. The van der Waals surface area contributed by atoms with Crippen LogP contribution in [0.1, 0.15) is 12.6 Å². The van der Waals surface area contributed by atoms with Crippen molar-refractivity contribution in [3.8, 4) is 5.75 Å². The summed E-state index contributed by atoms with van der Waals surface area (Å²) in [6.45, 7) is 5.88. The fourth-order valence-corrected chi connectivity index (χ4v) is 3.27. The van der Waals surface area contributed by atoms with Crippen LogP contribution in [0.4, 0.5) is 0 Å². The van der Waals surface area contributed by atoms with E-state index in [4.69, 9.17) is 4.74 Å². The van der Waals surface area contributed by atoms with Crippen LogP contribution in [0, 0.1) is 0 Å². The molecule has 0 aliphatic carbocycles. The van der Waals surface area contributed by atoms with Gasteiger partial charge >= 0.3 is 0 Å². The van der Waals surface area contributed by atoms with E-state index in [-0.39, 0.29) is 0 Å². The van der Waals surface area contributed by atoms with Crippen LogP contribution in [-0.4, -0.2) is 29.7 Å². The molecule has 0 bridgehead atoms. The fourth-order valence-electron chi connectivity index (χ4n) is 2.62. The Morgan fingerprint density at radius 1 is 1.33 bits per heavy atom. The third kappa shape index (κ3) is 1.84. The third-order valence-corrected chi connectivity index (χ3v) is 4.40. The maximum absolute atomic E-state index is 5.58. The quantitative estimate of drug-likeness (QED) is 0.847. The minimum Gasteiger partial charge on any atom is -0.494 e. The summed E-state index contributed by atoms with van der Waals surface area (Å²) >= 11 is 3.75. The van der Waals surface area contributed by atoms with E-state index in [1.165, 1.54) is 21.1 Å². The number of aromatic nitrogens is 1. The minimum absolute atomic E-state index is 0.708. The maximum atomic E-state index is 5.58. The molecule has 3 nitrogen and oxygen atoms in total. The molecule has 0 amide bonds. The molecular weight excluding hydrogens is 292 g/mol. The lowest BCUT2D eigenvalue weighted by atomic mass is 10.2. The molecule has 2 heterocycles.